The average Bonchev–Trinajstić information content (AvgIpc) is 3.34. The van der Waals surface area contributed by atoms with Crippen LogP contribution >= 0.6 is 0 Å². The molecule has 1 aliphatic rings. The van der Waals surface area contributed by atoms with Gasteiger partial charge >= 0.3 is 5.97 Å². The predicted molar refractivity (Wildman–Crippen MR) is 142 cm³/mol. The van der Waals surface area contributed by atoms with E-state index in [0.717, 1.165) is 28.8 Å². The van der Waals surface area contributed by atoms with E-state index in [1.807, 2.05) is 51.1 Å². The lowest BCUT2D eigenvalue weighted by Gasteiger charge is -2.36. The number of hydrogen-bond acceptors (Lipinski definition) is 8. The Morgan fingerprint density at radius 2 is 1.95 bits per heavy atom. The number of ether oxygens (including phenoxy) is 3. The maximum absolute atomic E-state index is 11.9. The number of hydrogen-bond donors (Lipinski definition) is 0. The van der Waals surface area contributed by atoms with Crippen LogP contribution in [0.4, 0.5) is 5.69 Å². The second kappa shape index (κ2) is 11.9. The zero-order valence-electron chi connectivity index (χ0n) is 22.5. The third kappa shape index (κ3) is 7.17. The minimum atomic E-state index is -0.534. The standard InChI is InChI=1S/C29H37N3O5/c1-20-9-6-7-14-32(20)25-13-12-23(16-24(25)18-34-5)28-30-27(31-37-28)22-11-8-10-21(15-22)17-35-19-26(33)36-29(2,3)4/h8,10-13,15-16,20H,6-7,9,14,17-19H2,1-5H3. The Kier molecular flexibility index (Phi) is 8.61. The van der Waals surface area contributed by atoms with Crippen molar-refractivity contribution in [3.63, 3.8) is 0 Å². The molecule has 2 aromatic carbocycles. The van der Waals surface area contributed by atoms with E-state index in [1.54, 1.807) is 7.11 Å². The summed E-state index contributed by atoms with van der Waals surface area (Å²) in [5, 5.41) is 4.21. The molecule has 1 aliphatic heterocycles. The fourth-order valence-corrected chi connectivity index (χ4v) is 4.61. The van der Waals surface area contributed by atoms with Gasteiger partial charge in [0.05, 0.1) is 13.2 Å². The van der Waals surface area contributed by atoms with Crippen molar-refractivity contribution in [1.82, 2.24) is 10.1 Å². The Labute approximate surface area is 218 Å². The Balaban J connectivity index is 1.46. The van der Waals surface area contributed by atoms with Crippen molar-refractivity contribution in [1.29, 1.82) is 0 Å². The summed E-state index contributed by atoms with van der Waals surface area (Å²) in [6, 6.07) is 14.4. The number of aromatic nitrogens is 2. The largest absolute Gasteiger partial charge is 0.458 e. The van der Waals surface area contributed by atoms with Gasteiger partial charge in [-0.25, -0.2) is 4.79 Å². The summed E-state index contributed by atoms with van der Waals surface area (Å²) in [7, 11) is 1.71. The van der Waals surface area contributed by atoms with Crippen molar-refractivity contribution in [2.45, 2.75) is 71.8 Å². The van der Waals surface area contributed by atoms with E-state index in [-0.39, 0.29) is 19.2 Å². The van der Waals surface area contributed by atoms with Crippen LogP contribution in [0.3, 0.4) is 0 Å². The third-order valence-electron chi connectivity index (χ3n) is 6.26. The van der Waals surface area contributed by atoms with Crippen LogP contribution in [0.1, 0.15) is 58.1 Å². The molecule has 0 N–H and O–H groups in total. The van der Waals surface area contributed by atoms with Crippen LogP contribution in [0.25, 0.3) is 22.8 Å². The molecule has 1 saturated heterocycles. The van der Waals surface area contributed by atoms with E-state index in [0.29, 0.717) is 24.4 Å². The first kappa shape index (κ1) is 26.8. The highest BCUT2D eigenvalue weighted by Crippen LogP contribution is 2.32. The van der Waals surface area contributed by atoms with Gasteiger partial charge < -0.3 is 23.6 Å². The topological polar surface area (TPSA) is 86.9 Å². The van der Waals surface area contributed by atoms with Crippen LogP contribution in [0.2, 0.25) is 0 Å². The van der Waals surface area contributed by atoms with Crippen LogP contribution in [0, 0.1) is 0 Å². The molecule has 0 aliphatic carbocycles. The summed E-state index contributed by atoms with van der Waals surface area (Å²) in [5.41, 5.74) is 4.34. The summed E-state index contributed by atoms with van der Waals surface area (Å²) >= 11 is 0. The number of piperidine rings is 1. The third-order valence-corrected chi connectivity index (χ3v) is 6.26. The van der Waals surface area contributed by atoms with Gasteiger partial charge in [-0.15, -0.1) is 0 Å². The van der Waals surface area contributed by atoms with Gasteiger partial charge in [0.15, 0.2) is 0 Å². The van der Waals surface area contributed by atoms with Gasteiger partial charge in [-0.1, -0.05) is 23.4 Å². The highest BCUT2D eigenvalue weighted by atomic mass is 16.6. The molecule has 1 fully saturated rings. The van der Waals surface area contributed by atoms with E-state index < -0.39 is 5.60 Å². The van der Waals surface area contributed by atoms with E-state index in [4.69, 9.17) is 18.7 Å². The molecule has 0 spiro atoms. The molecule has 3 aromatic rings. The van der Waals surface area contributed by atoms with Crippen molar-refractivity contribution in [2.75, 3.05) is 25.2 Å². The van der Waals surface area contributed by atoms with Gasteiger partial charge in [0.25, 0.3) is 5.89 Å². The number of esters is 1. The molecule has 37 heavy (non-hydrogen) atoms. The molecular formula is C29H37N3O5. The molecule has 1 aromatic heterocycles. The second-order valence-corrected chi connectivity index (χ2v) is 10.5. The number of benzene rings is 2. The maximum atomic E-state index is 11.9. The summed E-state index contributed by atoms with van der Waals surface area (Å²) in [5.74, 6) is 0.559. The van der Waals surface area contributed by atoms with Gasteiger partial charge in [0.2, 0.25) is 5.82 Å². The smallest absolute Gasteiger partial charge is 0.332 e. The van der Waals surface area contributed by atoms with Gasteiger partial charge in [-0.3, -0.25) is 0 Å². The first-order chi connectivity index (χ1) is 17.7. The van der Waals surface area contributed by atoms with Gasteiger partial charge in [0.1, 0.15) is 12.2 Å². The zero-order valence-corrected chi connectivity index (χ0v) is 22.5. The normalized spacial score (nSPS) is 16.1. The molecule has 0 radical (unpaired) electrons. The zero-order chi connectivity index (χ0) is 26.4. The number of carbonyl (C=O) groups is 1. The van der Waals surface area contributed by atoms with Gasteiger partial charge in [-0.2, -0.15) is 4.98 Å². The van der Waals surface area contributed by atoms with Gasteiger partial charge in [0, 0.05) is 42.1 Å². The highest BCUT2D eigenvalue weighted by Gasteiger charge is 2.22. The fourth-order valence-electron chi connectivity index (χ4n) is 4.61. The molecule has 1 unspecified atom stereocenters. The van der Waals surface area contributed by atoms with Gasteiger partial charge in [-0.05, 0) is 76.8 Å². The molecule has 8 nitrogen and oxygen atoms in total. The van der Waals surface area contributed by atoms with Crippen molar-refractivity contribution < 1.29 is 23.5 Å². The Morgan fingerprint density at radius 1 is 1.11 bits per heavy atom. The summed E-state index contributed by atoms with van der Waals surface area (Å²) in [6.45, 7) is 9.50. The molecule has 0 amide bonds. The SMILES string of the molecule is COCc1cc(-c2nc(-c3cccc(COCC(=O)OC(C)(C)C)c3)no2)ccc1N1CCCCC1C. The van der Waals surface area contributed by atoms with Crippen LogP contribution in [-0.4, -0.2) is 48.0 Å². The Morgan fingerprint density at radius 3 is 2.70 bits per heavy atom. The second-order valence-electron chi connectivity index (χ2n) is 10.5. The lowest BCUT2D eigenvalue weighted by molar-refractivity contribution is -0.160. The molecular weight excluding hydrogens is 470 g/mol. The summed E-state index contributed by atoms with van der Waals surface area (Å²) < 4.78 is 22.0. The molecule has 2 heterocycles. The molecule has 198 valence electrons. The summed E-state index contributed by atoms with van der Waals surface area (Å²) in [6.07, 6.45) is 3.68. The lowest BCUT2D eigenvalue weighted by atomic mass is 10.00. The van der Waals surface area contributed by atoms with E-state index in [2.05, 4.69) is 34.1 Å². The number of carbonyl (C=O) groups excluding carboxylic acids is 1. The predicted octanol–water partition coefficient (Wildman–Crippen LogP) is 5.79. The van der Waals surface area contributed by atoms with Crippen LogP contribution in [0.15, 0.2) is 47.0 Å². The number of anilines is 1. The van der Waals surface area contributed by atoms with Crippen molar-refractivity contribution in [3.05, 3.63) is 53.6 Å². The van der Waals surface area contributed by atoms with Crippen molar-refractivity contribution in [3.8, 4) is 22.8 Å². The van der Waals surface area contributed by atoms with E-state index >= 15 is 0 Å². The molecule has 1 atom stereocenters. The summed E-state index contributed by atoms with van der Waals surface area (Å²) in [4.78, 5) is 19.0. The van der Waals surface area contributed by atoms with Crippen molar-refractivity contribution >= 4 is 11.7 Å². The molecule has 8 heteroatoms. The molecule has 4 rings (SSSR count). The Hall–Kier alpha value is -3.23. The number of nitrogens with zero attached hydrogens (tertiary/aromatic N) is 3. The minimum absolute atomic E-state index is 0.107. The quantitative estimate of drug-likeness (QED) is 0.337. The Bertz CT molecular complexity index is 1200. The number of methoxy groups -OCH3 is 1. The number of rotatable bonds is 9. The van der Waals surface area contributed by atoms with Crippen LogP contribution in [0.5, 0.6) is 0 Å². The van der Waals surface area contributed by atoms with Crippen LogP contribution < -0.4 is 4.90 Å². The minimum Gasteiger partial charge on any atom is -0.458 e. The van der Waals surface area contributed by atoms with E-state index in [9.17, 15) is 4.79 Å². The first-order valence-corrected chi connectivity index (χ1v) is 12.8. The lowest BCUT2D eigenvalue weighted by Crippen LogP contribution is -2.38. The van der Waals surface area contributed by atoms with E-state index in [1.165, 1.54) is 24.9 Å². The fraction of sp³-hybridized carbons (Fsp3) is 0.483. The average molecular weight is 508 g/mol. The maximum Gasteiger partial charge on any atom is 0.332 e. The molecule has 0 bridgehead atoms. The molecule has 0 saturated carbocycles. The monoisotopic (exact) mass is 507 g/mol. The highest BCUT2D eigenvalue weighted by molar-refractivity contribution is 5.71. The first-order valence-electron chi connectivity index (χ1n) is 12.8. The van der Waals surface area contributed by atoms with Crippen molar-refractivity contribution in [2.24, 2.45) is 0 Å². The van der Waals surface area contributed by atoms with Crippen LogP contribution in [-0.2, 0) is 32.2 Å².